The van der Waals surface area contributed by atoms with Gasteiger partial charge in [-0.3, -0.25) is 4.79 Å². The highest BCUT2D eigenvalue weighted by molar-refractivity contribution is 5.76. The third-order valence-corrected chi connectivity index (χ3v) is 13.9. The molecule has 2 atom stereocenters. The van der Waals surface area contributed by atoms with E-state index in [4.69, 9.17) is 0 Å². The molecule has 0 rings (SSSR count). The van der Waals surface area contributed by atoms with E-state index in [1.54, 1.807) is 6.08 Å². The van der Waals surface area contributed by atoms with Gasteiger partial charge in [-0.25, -0.2) is 0 Å². The van der Waals surface area contributed by atoms with Gasteiger partial charge < -0.3 is 15.5 Å². The standard InChI is InChI=1S/C60H117NO3/c1-3-5-7-9-11-13-15-17-19-21-23-24-25-26-27-28-29-30-31-32-33-34-35-36-38-40-42-44-46-48-50-52-54-56-60(64)61-58(57-62)59(63)55-53-51-49-47-45-43-41-39-37-22-20-18-16-14-12-10-8-6-4-2/h26-27,53,55,58-59,62-63H,3-25,28-52,54,56-57H2,1-2H3,(H,61,64)/b27-26-,55-53+. The van der Waals surface area contributed by atoms with Crippen LogP contribution >= 0.6 is 0 Å². The number of rotatable bonds is 55. The average Bonchev–Trinajstić information content (AvgIpc) is 3.30. The third kappa shape index (κ3) is 51.8. The quantitative estimate of drug-likeness (QED) is 0.0421. The molecule has 0 fully saturated rings. The van der Waals surface area contributed by atoms with Gasteiger partial charge in [0.2, 0.25) is 5.91 Å². The van der Waals surface area contributed by atoms with Crippen molar-refractivity contribution in [3.8, 4) is 0 Å². The summed E-state index contributed by atoms with van der Waals surface area (Å²) in [5.74, 6) is -0.0573. The summed E-state index contributed by atoms with van der Waals surface area (Å²) in [5.41, 5.74) is 0. The van der Waals surface area contributed by atoms with Crippen LogP contribution in [0.1, 0.15) is 335 Å². The van der Waals surface area contributed by atoms with E-state index in [0.717, 1.165) is 25.7 Å². The molecule has 0 aromatic carbocycles. The second-order valence-corrected chi connectivity index (χ2v) is 20.4. The van der Waals surface area contributed by atoms with Crippen molar-refractivity contribution in [2.45, 2.75) is 347 Å². The van der Waals surface area contributed by atoms with Gasteiger partial charge in [0.15, 0.2) is 0 Å². The number of carbonyl (C=O) groups excluding carboxylic acids is 1. The van der Waals surface area contributed by atoms with Crippen molar-refractivity contribution in [3.05, 3.63) is 24.3 Å². The normalized spacial score (nSPS) is 12.9. The van der Waals surface area contributed by atoms with Gasteiger partial charge in [0, 0.05) is 6.42 Å². The highest BCUT2D eigenvalue weighted by Crippen LogP contribution is 2.18. The maximum absolute atomic E-state index is 12.5. The fourth-order valence-corrected chi connectivity index (χ4v) is 9.41. The lowest BCUT2D eigenvalue weighted by atomic mass is 10.0. The van der Waals surface area contributed by atoms with E-state index in [0.29, 0.717) is 6.42 Å². The minimum absolute atomic E-state index is 0.0573. The van der Waals surface area contributed by atoms with Crippen molar-refractivity contribution in [1.29, 1.82) is 0 Å². The van der Waals surface area contributed by atoms with Gasteiger partial charge in [-0.05, 0) is 44.9 Å². The van der Waals surface area contributed by atoms with Crippen molar-refractivity contribution in [2.75, 3.05) is 6.61 Å². The number of nitrogens with one attached hydrogen (secondary N) is 1. The number of aliphatic hydroxyl groups is 2. The van der Waals surface area contributed by atoms with E-state index >= 15 is 0 Å². The summed E-state index contributed by atoms with van der Waals surface area (Å²) in [7, 11) is 0. The minimum atomic E-state index is -0.837. The van der Waals surface area contributed by atoms with E-state index in [2.05, 4.69) is 31.3 Å². The summed E-state index contributed by atoms with van der Waals surface area (Å²) in [6.45, 7) is 4.35. The highest BCUT2D eigenvalue weighted by atomic mass is 16.3. The molecule has 4 heteroatoms. The Hall–Kier alpha value is -1.13. The van der Waals surface area contributed by atoms with Crippen LogP contribution in [-0.4, -0.2) is 34.9 Å². The van der Waals surface area contributed by atoms with Crippen LogP contribution in [0, 0.1) is 0 Å². The molecule has 1 amide bonds. The van der Waals surface area contributed by atoms with E-state index in [1.807, 2.05) is 6.08 Å². The smallest absolute Gasteiger partial charge is 0.220 e. The van der Waals surface area contributed by atoms with Gasteiger partial charge in [-0.15, -0.1) is 0 Å². The average molecular weight is 901 g/mol. The minimum Gasteiger partial charge on any atom is -0.394 e. The topological polar surface area (TPSA) is 69.6 Å². The van der Waals surface area contributed by atoms with Gasteiger partial charge in [0.1, 0.15) is 0 Å². The molecule has 380 valence electrons. The van der Waals surface area contributed by atoms with Crippen LogP contribution in [0.25, 0.3) is 0 Å². The largest absolute Gasteiger partial charge is 0.394 e. The maximum atomic E-state index is 12.5. The highest BCUT2D eigenvalue weighted by Gasteiger charge is 2.18. The molecule has 4 nitrogen and oxygen atoms in total. The zero-order valence-corrected chi connectivity index (χ0v) is 43.8. The molecule has 0 saturated heterocycles. The summed E-state index contributed by atoms with van der Waals surface area (Å²) in [4.78, 5) is 12.5. The Morgan fingerprint density at radius 3 is 0.859 bits per heavy atom. The van der Waals surface area contributed by atoms with Crippen LogP contribution in [0.5, 0.6) is 0 Å². The Balaban J connectivity index is 3.43. The number of carbonyl (C=O) groups is 1. The van der Waals surface area contributed by atoms with Crippen molar-refractivity contribution < 1.29 is 15.0 Å². The van der Waals surface area contributed by atoms with Crippen molar-refractivity contribution in [1.82, 2.24) is 5.32 Å². The van der Waals surface area contributed by atoms with Crippen molar-refractivity contribution in [2.24, 2.45) is 0 Å². The molecule has 0 aromatic rings. The number of hydrogen-bond donors (Lipinski definition) is 3. The van der Waals surface area contributed by atoms with E-state index in [1.165, 1.54) is 289 Å². The van der Waals surface area contributed by atoms with Gasteiger partial charge >= 0.3 is 0 Å². The lowest BCUT2D eigenvalue weighted by molar-refractivity contribution is -0.123. The molecule has 0 aliphatic rings. The second-order valence-electron chi connectivity index (χ2n) is 20.4. The van der Waals surface area contributed by atoms with Gasteiger partial charge in [0.05, 0.1) is 18.8 Å². The molecule has 0 spiro atoms. The third-order valence-electron chi connectivity index (χ3n) is 13.9. The number of hydrogen-bond acceptors (Lipinski definition) is 3. The Morgan fingerprint density at radius 2 is 0.594 bits per heavy atom. The first kappa shape index (κ1) is 62.9. The Labute approximate surface area is 402 Å². The summed E-state index contributed by atoms with van der Waals surface area (Å²) in [6.07, 6.45) is 75.0. The number of unbranched alkanes of at least 4 members (excludes halogenated alkanes) is 46. The summed E-state index contributed by atoms with van der Waals surface area (Å²) >= 11 is 0. The SMILES string of the molecule is CCCCCCCCCCCCCC/C=C\CCCCCCCCCCCCCCCCCCCC(=O)NC(CO)C(O)/C=C/CCCCCCCCCCCCCCCCCCC. The molecule has 2 unspecified atom stereocenters. The fourth-order valence-electron chi connectivity index (χ4n) is 9.41. The zero-order chi connectivity index (χ0) is 46.3. The summed E-state index contributed by atoms with van der Waals surface area (Å²) in [5, 5.41) is 23.2. The van der Waals surface area contributed by atoms with E-state index in [9.17, 15) is 15.0 Å². The first-order chi connectivity index (χ1) is 31.7. The molecule has 0 aliphatic heterocycles. The van der Waals surface area contributed by atoms with Crippen LogP contribution in [0.4, 0.5) is 0 Å². The summed E-state index contributed by atoms with van der Waals surface area (Å²) in [6, 6.07) is -0.620. The Morgan fingerprint density at radius 1 is 0.359 bits per heavy atom. The molecular weight excluding hydrogens is 783 g/mol. The monoisotopic (exact) mass is 900 g/mol. The maximum Gasteiger partial charge on any atom is 0.220 e. The first-order valence-electron chi connectivity index (χ1n) is 29.6. The number of allylic oxidation sites excluding steroid dienone is 3. The molecule has 0 bridgehead atoms. The first-order valence-corrected chi connectivity index (χ1v) is 29.6. The van der Waals surface area contributed by atoms with Crippen LogP contribution in [0.2, 0.25) is 0 Å². The molecule has 3 N–H and O–H groups in total. The lowest BCUT2D eigenvalue weighted by Gasteiger charge is -2.20. The van der Waals surface area contributed by atoms with Crippen molar-refractivity contribution >= 4 is 5.91 Å². The number of amides is 1. The number of aliphatic hydroxyl groups excluding tert-OH is 2. The van der Waals surface area contributed by atoms with Gasteiger partial charge in [-0.2, -0.15) is 0 Å². The molecule has 0 aliphatic carbocycles. The Kier molecular flexibility index (Phi) is 55.2. The molecule has 0 saturated carbocycles. The van der Waals surface area contributed by atoms with Gasteiger partial charge in [-0.1, -0.05) is 308 Å². The molecule has 0 radical (unpaired) electrons. The summed E-state index contributed by atoms with van der Waals surface area (Å²) < 4.78 is 0. The zero-order valence-electron chi connectivity index (χ0n) is 43.8. The predicted molar refractivity (Wildman–Crippen MR) is 286 cm³/mol. The van der Waals surface area contributed by atoms with E-state index < -0.39 is 12.1 Å². The van der Waals surface area contributed by atoms with E-state index in [-0.39, 0.29) is 12.5 Å². The van der Waals surface area contributed by atoms with Crippen LogP contribution in [-0.2, 0) is 4.79 Å². The van der Waals surface area contributed by atoms with Crippen molar-refractivity contribution in [3.63, 3.8) is 0 Å². The molecule has 64 heavy (non-hydrogen) atoms. The van der Waals surface area contributed by atoms with Gasteiger partial charge in [0.25, 0.3) is 0 Å². The van der Waals surface area contributed by atoms with Crippen LogP contribution in [0.15, 0.2) is 24.3 Å². The molecule has 0 aromatic heterocycles. The fraction of sp³-hybridized carbons (Fsp3) is 0.917. The predicted octanol–water partition coefficient (Wildman–Crippen LogP) is 19.5. The van der Waals surface area contributed by atoms with Crippen LogP contribution in [0.3, 0.4) is 0 Å². The molecular formula is C60H117NO3. The molecule has 0 heterocycles. The lowest BCUT2D eigenvalue weighted by Crippen LogP contribution is -2.45. The van der Waals surface area contributed by atoms with Crippen LogP contribution < -0.4 is 5.32 Å². The Bertz CT molecular complexity index is 932. The second kappa shape index (κ2) is 56.2.